The van der Waals surface area contributed by atoms with Gasteiger partial charge in [0.2, 0.25) is 0 Å². The average molecular weight is 377 g/mol. The molecule has 3 heterocycles. The van der Waals surface area contributed by atoms with Crippen molar-refractivity contribution in [3.8, 4) is 0 Å². The number of aryl methyl sites for hydroxylation is 2. The maximum atomic E-state index is 12.1. The molecule has 1 saturated heterocycles. The molecule has 0 bridgehead atoms. The molecule has 0 atom stereocenters. The number of piperazine rings is 1. The third-order valence-electron chi connectivity index (χ3n) is 5.84. The number of benzene rings is 1. The standard InChI is InChI=1S/C23H27N3O2/c1-17-3-4-21-20(15-22(27)28-23(21)18(17)2)16-26-13-11-25(12-14-26)10-7-19-5-8-24-9-6-19/h3-6,8-9,15H,7,10-14,16H2,1-2H3. The van der Waals surface area contributed by atoms with E-state index in [1.165, 1.54) is 5.56 Å². The van der Waals surface area contributed by atoms with Gasteiger partial charge in [0.15, 0.2) is 0 Å². The number of fused-ring (bicyclic) bond motifs is 1. The number of hydrogen-bond donors (Lipinski definition) is 0. The molecular weight excluding hydrogens is 350 g/mol. The Balaban J connectivity index is 1.40. The van der Waals surface area contributed by atoms with Crippen LogP contribution in [-0.4, -0.2) is 47.5 Å². The predicted molar refractivity (Wildman–Crippen MR) is 112 cm³/mol. The van der Waals surface area contributed by atoms with E-state index in [1.54, 1.807) is 6.07 Å². The van der Waals surface area contributed by atoms with Gasteiger partial charge in [0.05, 0.1) is 0 Å². The van der Waals surface area contributed by atoms with Crippen molar-refractivity contribution in [1.82, 2.24) is 14.8 Å². The Morgan fingerprint density at radius 3 is 2.46 bits per heavy atom. The minimum atomic E-state index is -0.257. The van der Waals surface area contributed by atoms with Gasteiger partial charge in [-0.3, -0.25) is 9.88 Å². The molecule has 5 heteroatoms. The zero-order valence-electron chi connectivity index (χ0n) is 16.6. The maximum Gasteiger partial charge on any atom is 0.336 e. The molecule has 146 valence electrons. The fourth-order valence-corrected chi connectivity index (χ4v) is 3.90. The minimum absolute atomic E-state index is 0.257. The molecule has 1 aliphatic rings. The van der Waals surface area contributed by atoms with Crippen LogP contribution in [0.2, 0.25) is 0 Å². The Bertz CT molecular complexity index is 1010. The van der Waals surface area contributed by atoms with Gasteiger partial charge in [-0.15, -0.1) is 0 Å². The fraction of sp³-hybridized carbons (Fsp3) is 0.391. The van der Waals surface area contributed by atoms with Crippen molar-refractivity contribution in [2.75, 3.05) is 32.7 Å². The number of rotatable bonds is 5. The summed E-state index contributed by atoms with van der Waals surface area (Å²) >= 11 is 0. The van der Waals surface area contributed by atoms with Crippen molar-refractivity contribution < 1.29 is 4.42 Å². The number of pyridine rings is 1. The summed E-state index contributed by atoms with van der Waals surface area (Å²) in [5.41, 5.74) is 5.09. The van der Waals surface area contributed by atoms with Crippen LogP contribution >= 0.6 is 0 Å². The van der Waals surface area contributed by atoms with E-state index in [-0.39, 0.29) is 5.63 Å². The summed E-state index contributed by atoms with van der Waals surface area (Å²) in [5.74, 6) is 0. The molecule has 0 unspecified atom stereocenters. The Morgan fingerprint density at radius 2 is 1.71 bits per heavy atom. The van der Waals surface area contributed by atoms with E-state index in [4.69, 9.17) is 4.42 Å². The largest absolute Gasteiger partial charge is 0.422 e. The summed E-state index contributed by atoms with van der Waals surface area (Å²) in [4.78, 5) is 21.1. The molecular formula is C23H27N3O2. The lowest BCUT2D eigenvalue weighted by atomic mass is 10.0. The van der Waals surface area contributed by atoms with E-state index in [9.17, 15) is 4.79 Å². The highest BCUT2D eigenvalue weighted by atomic mass is 16.4. The third-order valence-corrected chi connectivity index (χ3v) is 5.84. The molecule has 0 spiro atoms. The summed E-state index contributed by atoms with van der Waals surface area (Å²) in [7, 11) is 0. The molecule has 1 aliphatic heterocycles. The summed E-state index contributed by atoms with van der Waals surface area (Å²) in [5, 5.41) is 1.06. The third kappa shape index (κ3) is 4.16. The van der Waals surface area contributed by atoms with Gasteiger partial charge in [0.1, 0.15) is 5.58 Å². The van der Waals surface area contributed by atoms with Crippen LogP contribution in [0.25, 0.3) is 11.0 Å². The highest BCUT2D eigenvalue weighted by Gasteiger charge is 2.18. The summed E-state index contributed by atoms with van der Waals surface area (Å²) < 4.78 is 5.51. The summed E-state index contributed by atoms with van der Waals surface area (Å²) in [6.07, 6.45) is 4.78. The van der Waals surface area contributed by atoms with Crippen LogP contribution in [0.1, 0.15) is 22.3 Å². The van der Waals surface area contributed by atoms with Gasteiger partial charge in [-0.1, -0.05) is 12.1 Å². The second kappa shape index (κ2) is 8.25. The van der Waals surface area contributed by atoms with Crippen molar-refractivity contribution in [3.63, 3.8) is 0 Å². The van der Waals surface area contributed by atoms with Gasteiger partial charge in [-0.2, -0.15) is 0 Å². The minimum Gasteiger partial charge on any atom is -0.422 e. The lowest BCUT2D eigenvalue weighted by Crippen LogP contribution is -2.46. The molecule has 0 aliphatic carbocycles. The van der Waals surface area contributed by atoms with Gasteiger partial charge in [-0.05, 0) is 54.7 Å². The first-order valence-corrected chi connectivity index (χ1v) is 9.97. The van der Waals surface area contributed by atoms with Gasteiger partial charge in [0.25, 0.3) is 0 Å². The van der Waals surface area contributed by atoms with Gasteiger partial charge >= 0.3 is 5.63 Å². The van der Waals surface area contributed by atoms with Crippen molar-refractivity contribution in [3.05, 3.63) is 75.4 Å². The number of hydrogen-bond acceptors (Lipinski definition) is 5. The van der Waals surface area contributed by atoms with E-state index >= 15 is 0 Å². The van der Waals surface area contributed by atoms with Crippen LogP contribution in [0, 0.1) is 13.8 Å². The van der Waals surface area contributed by atoms with Crippen molar-refractivity contribution >= 4 is 11.0 Å². The molecule has 28 heavy (non-hydrogen) atoms. The average Bonchev–Trinajstić information content (AvgIpc) is 2.71. The van der Waals surface area contributed by atoms with Crippen molar-refractivity contribution in [2.45, 2.75) is 26.8 Å². The molecule has 1 aromatic carbocycles. The van der Waals surface area contributed by atoms with Crippen LogP contribution in [-0.2, 0) is 13.0 Å². The van der Waals surface area contributed by atoms with E-state index in [1.807, 2.05) is 26.2 Å². The highest BCUT2D eigenvalue weighted by molar-refractivity contribution is 5.83. The topological polar surface area (TPSA) is 49.6 Å². The smallest absolute Gasteiger partial charge is 0.336 e. The van der Waals surface area contributed by atoms with Crippen molar-refractivity contribution in [1.29, 1.82) is 0 Å². The zero-order chi connectivity index (χ0) is 19.5. The molecule has 1 fully saturated rings. The molecule has 0 amide bonds. The van der Waals surface area contributed by atoms with E-state index in [0.717, 1.165) is 73.3 Å². The van der Waals surface area contributed by atoms with E-state index in [2.05, 4.69) is 39.0 Å². The molecule has 0 radical (unpaired) electrons. The monoisotopic (exact) mass is 377 g/mol. The van der Waals surface area contributed by atoms with Crippen LogP contribution in [0.3, 0.4) is 0 Å². The van der Waals surface area contributed by atoms with Crippen LogP contribution in [0.5, 0.6) is 0 Å². The highest BCUT2D eigenvalue weighted by Crippen LogP contribution is 2.24. The van der Waals surface area contributed by atoms with Gasteiger partial charge in [0, 0.05) is 63.1 Å². The first-order valence-electron chi connectivity index (χ1n) is 9.97. The van der Waals surface area contributed by atoms with E-state index < -0.39 is 0 Å². The number of aromatic nitrogens is 1. The van der Waals surface area contributed by atoms with Crippen molar-refractivity contribution in [2.24, 2.45) is 0 Å². The summed E-state index contributed by atoms with van der Waals surface area (Å²) in [6, 6.07) is 10.0. The zero-order valence-corrected chi connectivity index (χ0v) is 16.6. The lowest BCUT2D eigenvalue weighted by Gasteiger charge is -2.34. The first kappa shape index (κ1) is 18.8. The van der Waals surface area contributed by atoms with Crippen LogP contribution in [0.4, 0.5) is 0 Å². The maximum absolute atomic E-state index is 12.1. The van der Waals surface area contributed by atoms with Crippen LogP contribution in [0.15, 0.2) is 51.9 Å². The molecule has 2 aromatic heterocycles. The second-order valence-electron chi connectivity index (χ2n) is 7.70. The predicted octanol–water partition coefficient (Wildman–Crippen LogP) is 3.17. The Morgan fingerprint density at radius 1 is 1.00 bits per heavy atom. The van der Waals surface area contributed by atoms with Gasteiger partial charge < -0.3 is 9.32 Å². The molecule has 0 saturated carbocycles. The first-order chi connectivity index (χ1) is 13.6. The Labute approximate surface area is 165 Å². The molecule has 0 N–H and O–H groups in total. The molecule has 5 nitrogen and oxygen atoms in total. The Kier molecular flexibility index (Phi) is 5.55. The van der Waals surface area contributed by atoms with E-state index in [0.29, 0.717) is 0 Å². The fourth-order valence-electron chi connectivity index (χ4n) is 3.90. The molecule has 4 rings (SSSR count). The normalized spacial score (nSPS) is 15.9. The van der Waals surface area contributed by atoms with Gasteiger partial charge in [-0.25, -0.2) is 4.79 Å². The quantitative estimate of drug-likeness (QED) is 0.639. The SMILES string of the molecule is Cc1ccc2c(CN3CCN(CCc4ccncc4)CC3)cc(=O)oc2c1C. The number of nitrogens with zero attached hydrogens (tertiary/aromatic N) is 3. The molecule has 3 aromatic rings. The Hall–Kier alpha value is -2.50. The second-order valence-corrected chi connectivity index (χ2v) is 7.70. The van der Waals surface area contributed by atoms with Crippen LogP contribution < -0.4 is 5.63 Å². The lowest BCUT2D eigenvalue weighted by molar-refractivity contribution is 0.128. The summed E-state index contributed by atoms with van der Waals surface area (Å²) in [6.45, 7) is 10.1.